The van der Waals surface area contributed by atoms with Crippen LogP contribution in [0, 0.1) is 0 Å². The third-order valence-corrected chi connectivity index (χ3v) is 2.89. The van der Waals surface area contributed by atoms with E-state index in [2.05, 4.69) is 0 Å². The highest BCUT2D eigenvalue weighted by atomic mass is 35.5. The molecule has 0 saturated carbocycles. The van der Waals surface area contributed by atoms with Gasteiger partial charge in [0.15, 0.2) is 6.29 Å². The zero-order chi connectivity index (χ0) is 11.5. The maximum absolute atomic E-state index is 10.9. The molecule has 2 rings (SSSR count). The molecule has 0 amide bonds. The van der Waals surface area contributed by atoms with E-state index in [-0.39, 0.29) is 5.88 Å². The molecule has 0 aliphatic heterocycles. The highest BCUT2D eigenvalue weighted by Gasteiger charge is 2.10. The van der Waals surface area contributed by atoms with Gasteiger partial charge in [0.25, 0.3) is 0 Å². The second-order valence-electron chi connectivity index (χ2n) is 3.68. The largest absolute Gasteiger partial charge is 0.390 e. The average Bonchev–Trinajstić information content (AvgIpc) is 2.68. The molecule has 0 bridgehead atoms. The van der Waals surface area contributed by atoms with E-state index in [4.69, 9.17) is 11.6 Å². The van der Waals surface area contributed by atoms with E-state index in [1.165, 1.54) is 0 Å². The van der Waals surface area contributed by atoms with Crippen molar-refractivity contribution in [2.24, 2.45) is 0 Å². The molecule has 16 heavy (non-hydrogen) atoms. The number of hydrogen-bond acceptors (Lipinski definition) is 2. The van der Waals surface area contributed by atoms with Crippen LogP contribution in [-0.2, 0) is 6.54 Å². The lowest BCUT2D eigenvalue weighted by atomic mass is 10.2. The number of alkyl halides is 1. The van der Waals surface area contributed by atoms with Crippen LogP contribution in [0.2, 0.25) is 0 Å². The Morgan fingerprint density at radius 2 is 2.19 bits per heavy atom. The first-order chi connectivity index (χ1) is 7.76. The summed E-state index contributed by atoms with van der Waals surface area (Å²) in [5, 5.41) is 10.4. The molecule has 0 spiro atoms. The number of benzene rings is 1. The number of hydrogen-bond donors (Lipinski definition) is 1. The van der Waals surface area contributed by atoms with Crippen molar-refractivity contribution < 1.29 is 9.90 Å². The van der Waals surface area contributed by atoms with Crippen molar-refractivity contribution in [3.05, 3.63) is 36.0 Å². The zero-order valence-corrected chi connectivity index (χ0v) is 9.39. The number of aldehydes is 1. The summed E-state index contributed by atoms with van der Waals surface area (Å²) in [5.74, 6) is 0.183. The summed E-state index contributed by atoms with van der Waals surface area (Å²) in [4.78, 5) is 10.9. The van der Waals surface area contributed by atoms with Gasteiger partial charge in [0, 0.05) is 29.2 Å². The van der Waals surface area contributed by atoms with Gasteiger partial charge in [0.05, 0.1) is 12.0 Å². The Labute approximate surface area is 98.3 Å². The number of carbonyl (C=O) groups excluding carboxylic acids is 1. The van der Waals surface area contributed by atoms with Gasteiger partial charge >= 0.3 is 0 Å². The van der Waals surface area contributed by atoms with Crippen LogP contribution in [0.1, 0.15) is 10.4 Å². The molecule has 1 heterocycles. The van der Waals surface area contributed by atoms with E-state index < -0.39 is 6.10 Å². The number of aliphatic hydroxyl groups excluding tert-OH is 1. The monoisotopic (exact) mass is 237 g/mol. The summed E-state index contributed by atoms with van der Waals surface area (Å²) >= 11 is 5.56. The van der Waals surface area contributed by atoms with Crippen molar-refractivity contribution in [1.82, 2.24) is 4.57 Å². The number of fused-ring (bicyclic) bond motifs is 1. The van der Waals surface area contributed by atoms with Crippen molar-refractivity contribution in [2.75, 3.05) is 5.88 Å². The SMILES string of the molecule is O=Cc1cn(CC(O)CCl)c2ccccc12. The highest BCUT2D eigenvalue weighted by molar-refractivity contribution is 6.18. The standard InChI is InChI=1S/C12H12ClNO2/c13-5-10(16)7-14-6-9(8-15)11-3-1-2-4-12(11)14/h1-4,6,8,10,16H,5,7H2. The second-order valence-corrected chi connectivity index (χ2v) is 3.99. The van der Waals surface area contributed by atoms with Crippen molar-refractivity contribution in [3.63, 3.8) is 0 Å². The van der Waals surface area contributed by atoms with Gasteiger partial charge in [-0.15, -0.1) is 11.6 Å². The Balaban J connectivity index is 2.49. The van der Waals surface area contributed by atoms with Crippen LogP contribution in [-0.4, -0.2) is 27.9 Å². The van der Waals surface area contributed by atoms with E-state index in [0.717, 1.165) is 17.2 Å². The molecule has 3 nitrogen and oxygen atoms in total. The van der Waals surface area contributed by atoms with Crippen molar-refractivity contribution in [2.45, 2.75) is 12.6 Å². The fourth-order valence-electron chi connectivity index (χ4n) is 1.80. The number of aromatic nitrogens is 1. The van der Waals surface area contributed by atoms with Crippen molar-refractivity contribution in [1.29, 1.82) is 0 Å². The minimum atomic E-state index is -0.600. The van der Waals surface area contributed by atoms with Crippen LogP contribution in [0.15, 0.2) is 30.5 Å². The van der Waals surface area contributed by atoms with E-state index in [0.29, 0.717) is 12.1 Å². The smallest absolute Gasteiger partial charge is 0.152 e. The molecule has 1 unspecified atom stereocenters. The van der Waals surface area contributed by atoms with Crippen LogP contribution in [0.25, 0.3) is 10.9 Å². The number of aliphatic hydroxyl groups is 1. The third-order valence-electron chi connectivity index (χ3n) is 2.53. The van der Waals surface area contributed by atoms with Gasteiger partial charge in [-0.2, -0.15) is 0 Å². The summed E-state index contributed by atoms with van der Waals surface area (Å²) < 4.78 is 1.85. The molecule has 0 aliphatic rings. The van der Waals surface area contributed by atoms with Crippen LogP contribution >= 0.6 is 11.6 Å². The first-order valence-electron chi connectivity index (χ1n) is 5.03. The van der Waals surface area contributed by atoms with Gasteiger partial charge in [-0.25, -0.2) is 0 Å². The molecule has 1 N–H and O–H groups in total. The van der Waals surface area contributed by atoms with Crippen molar-refractivity contribution >= 4 is 28.8 Å². The molecule has 0 radical (unpaired) electrons. The normalized spacial score (nSPS) is 12.9. The first-order valence-corrected chi connectivity index (χ1v) is 5.56. The maximum Gasteiger partial charge on any atom is 0.152 e. The Bertz CT molecular complexity index is 507. The lowest BCUT2D eigenvalue weighted by molar-refractivity contribution is 0.112. The first kappa shape index (κ1) is 11.2. The Morgan fingerprint density at radius 1 is 1.44 bits per heavy atom. The molecule has 2 aromatic rings. The summed E-state index contributed by atoms with van der Waals surface area (Å²) in [6.07, 6.45) is 1.97. The molecular weight excluding hydrogens is 226 g/mol. The molecule has 84 valence electrons. The molecule has 1 aromatic heterocycles. The number of rotatable bonds is 4. The summed E-state index contributed by atoms with van der Waals surface area (Å²) in [6.45, 7) is 0.401. The van der Waals surface area contributed by atoms with Gasteiger partial charge in [0.1, 0.15) is 0 Å². The number of carbonyl (C=O) groups is 1. The lowest BCUT2D eigenvalue weighted by Crippen LogP contribution is -2.16. The topological polar surface area (TPSA) is 42.2 Å². The minimum absolute atomic E-state index is 0.183. The minimum Gasteiger partial charge on any atom is -0.390 e. The van der Waals surface area contributed by atoms with E-state index >= 15 is 0 Å². The predicted octanol–water partition coefficient (Wildman–Crippen LogP) is 2.05. The zero-order valence-electron chi connectivity index (χ0n) is 8.64. The van der Waals surface area contributed by atoms with Gasteiger partial charge in [0.2, 0.25) is 0 Å². The maximum atomic E-state index is 10.9. The fourth-order valence-corrected chi connectivity index (χ4v) is 1.89. The lowest BCUT2D eigenvalue weighted by Gasteiger charge is -2.09. The van der Waals surface area contributed by atoms with Crippen LogP contribution in [0.5, 0.6) is 0 Å². The molecule has 0 aliphatic carbocycles. The van der Waals surface area contributed by atoms with E-state index in [1.807, 2.05) is 28.8 Å². The molecule has 1 aromatic carbocycles. The Kier molecular flexibility index (Phi) is 3.27. The van der Waals surface area contributed by atoms with Gasteiger partial charge in [-0.3, -0.25) is 4.79 Å². The highest BCUT2D eigenvalue weighted by Crippen LogP contribution is 2.20. The van der Waals surface area contributed by atoms with E-state index in [1.54, 1.807) is 6.20 Å². The average molecular weight is 238 g/mol. The van der Waals surface area contributed by atoms with Crippen LogP contribution in [0.3, 0.4) is 0 Å². The second kappa shape index (κ2) is 4.68. The van der Waals surface area contributed by atoms with Crippen LogP contribution < -0.4 is 0 Å². The quantitative estimate of drug-likeness (QED) is 0.653. The molecule has 0 fully saturated rings. The summed E-state index contributed by atoms with van der Waals surface area (Å²) in [7, 11) is 0. The Hall–Kier alpha value is -1.32. The van der Waals surface area contributed by atoms with Gasteiger partial charge < -0.3 is 9.67 Å². The molecular formula is C12H12ClNO2. The van der Waals surface area contributed by atoms with E-state index in [9.17, 15) is 9.90 Å². The summed E-state index contributed by atoms with van der Waals surface area (Å²) in [5.41, 5.74) is 1.58. The third kappa shape index (κ3) is 1.96. The van der Waals surface area contributed by atoms with Gasteiger partial charge in [-0.05, 0) is 6.07 Å². The predicted molar refractivity (Wildman–Crippen MR) is 64.1 cm³/mol. The number of halogens is 1. The molecule has 1 atom stereocenters. The fraction of sp³-hybridized carbons (Fsp3) is 0.250. The number of para-hydroxylation sites is 1. The molecule has 4 heteroatoms. The van der Waals surface area contributed by atoms with Gasteiger partial charge in [-0.1, -0.05) is 18.2 Å². The van der Waals surface area contributed by atoms with Crippen LogP contribution in [0.4, 0.5) is 0 Å². The number of nitrogens with zero attached hydrogens (tertiary/aromatic N) is 1. The Morgan fingerprint density at radius 3 is 2.88 bits per heavy atom. The molecule has 0 saturated heterocycles. The summed E-state index contributed by atoms with van der Waals surface area (Å²) in [6, 6.07) is 7.60. The van der Waals surface area contributed by atoms with Crippen molar-refractivity contribution in [3.8, 4) is 0 Å².